The molecular weight excluding hydrogens is 286 g/mol. The summed E-state index contributed by atoms with van der Waals surface area (Å²) in [5.74, 6) is 0.621. The number of aryl methyl sites for hydroxylation is 2. The number of carbonyl (C=O) groups is 2. The summed E-state index contributed by atoms with van der Waals surface area (Å²) >= 11 is 1.45. The fraction of sp³-hybridized carbons (Fsp3) is 0.667. The van der Waals surface area contributed by atoms with Crippen molar-refractivity contribution in [2.24, 2.45) is 5.92 Å². The van der Waals surface area contributed by atoms with E-state index in [1.807, 2.05) is 37.5 Å². The molecule has 1 aromatic heterocycles. The van der Waals surface area contributed by atoms with E-state index in [1.165, 1.54) is 11.3 Å². The summed E-state index contributed by atoms with van der Waals surface area (Å²) in [5, 5.41) is 0.918. The van der Waals surface area contributed by atoms with E-state index in [0.717, 1.165) is 15.6 Å². The van der Waals surface area contributed by atoms with Crippen molar-refractivity contribution in [2.45, 2.75) is 34.1 Å². The normalized spacial score (nSPS) is 15.7. The van der Waals surface area contributed by atoms with Crippen LogP contribution >= 0.6 is 11.3 Å². The van der Waals surface area contributed by atoms with Crippen LogP contribution in [0.15, 0.2) is 0 Å². The highest BCUT2D eigenvalue weighted by Crippen LogP contribution is 2.20. The van der Waals surface area contributed by atoms with Crippen molar-refractivity contribution >= 4 is 23.2 Å². The number of thiazole rings is 1. The number of carbonyl (C=O) groups excluding carboxylic acids is 2. The van der Waals surface area contributed by atoms with Gasteiger partial charge in [-0.2, -0.15) is 0 Å². The van der Waals surface area contributed by atoms with E-state index in [-0.39, 0.29) is 11.8 Å². The van der Waals surface area contributed by atoms with Gasteiger partial charge in [-0.05, 0) is 19.8 Å². The smallest absolute Gasteiger partial charge is 0.265 e. The largest absolute Gasteiger partial charge is 0.339 e. The molecular formula is C15H23N3O2S. The fourth-order valence-electron chi connectivity index (χ4n) is 2.51. The molecule has 1 aliphatic rings. The fourth-order valence-corrected chi connectivity index (χ4v) is 3.40. The number of hydrogen-bond donors (Lipinski definition) is 0. The predicted molar refractivity (Wildman–Crippen MR) is 83.5 cm³/mol. The van der Waals surface area contributed by atoms with Gasteiger partial charge < -0.3 is 9.80 Å². The van der Waals surface area contributed by atoms with Crippen LogP contribution in [0.5, 0.6) is 0 Å². The highest BCUT2D eigenvalue weighted by molar-refractivity contribution is 7.13. The first-order valence-corrected chi connectivity index (χ1v) is 8.21. The molecule has 0 unspecified atom stereocenters. The van der Waals surface area contributed by atoms with E-state index in [1.54, 1.807) is 0 Å². The standard InChI is InChI=1S/C15H23N3O2S/c1-10(2)9-13(19)17-5-7-18(8-6-17)15(20)14-11(3)16-12(4)21-14/h10H,5-9H2,1-4H3. The average Bonchev–Trinajstić information content (AvgIpc) is 2.76. The van der Waals surface area contributed by atoms with Gasteiger partial charge in [0.25, 0.3) is 5.91 Å². The molecule has 0 aromatic carbocycles. The predicted octanol–water partition coefficient (Wildman–Crippen LogP) is 2.09. The highest BCUT2D eigenvalue weighted by Gasteiger charge is 2.26. The first-order chi connectivity index (χ1) is 9.88. The highest BCUT2D eigenvalue weighted by atomic mass is 32.1. The number of nitrogens with zero attached hydrogens (tertiary/aromatic N) is 3. The minimum atomic E-state index is 0.0501. The van der Waals surface area contributed by atoms with Crippen molar-refractivity contribution in [1.29, 1.82) is 0 Å². The van der Waals surface area contributed by atoms with Gasteiger partial charge in [0.1, 0.15) is 4.88 Å². The molecule has 1 fully saturated rings. The van der Waals surface area contributed by atoms with E-state index >= 15 is 0 Å². The summed E-state index contributed by atoms with van der Waals surface area (Å²) in [6.45, 7) is 10.4. The van der Waals surface area contributed by atoms with Crippen LogP contribution in [0, 0.1) is 19.8 Å². The van der Waals surface area contributed by atoms with E-state index < -0.39 is 0 Å². The Bertz CT molecular complexity index is 531. The summed E-state index contributed by atoms with van der Waals surface area (Å²) in [4.78, 5) is 33.3. The van der Waals surface area contributed by atoms with Crippen LogP contribution in [0.2, 0.25) is 0 Å². The third-order valence-electron chi connectivity index (χ3n) is 3.60. The number of amides is 2. The maximum Gasteiger partial charge on any atom is 0.265 e. The molecule has 6 heteroatoms. The van der Waals surface area contributed by atoms with Crippen LogP contribution in [-0.2, 0) is 4.79 Å². The van der Waals surface area contributed by atoms with Crippen LogP contribution in [0.3, 0.4) is 0 Å². The second-order valence-corrected chi connectivity index (χ2v) is 7.12. The molecule has 0 atom stereocenters. The quantitative estimate of drug-likeness (QED) is 0.859. The van der Waals surface area contributed by atoms with Crippen LogP contribution in [0.1, 0.15) is 40.6 Å². The van der Waals surface area contributed by atoms with Gasteiger partial charge in [0.2, 0.25) is 5.91 Å². The molecule has 116 valence electrons. The molecule has 5 nitrogen and oxygen atoms in total. The molecule has 0 spiro atoms. The van der Waals surface area contributed by atoms with Gasteiger partial charge in [-0.15, -0.1) is 11.3 Å². The van der Waals surface area contributed by atoms with Gasteiger partial charge in [-0.1, -0.05) is 13.8 Å². The Morgan fingerprint density at radius 1 is 1.14 bits per heavy atom. The summed E-state index contributed by atoms with van der Waals surface area (Å²) in [7, 11) is 0. The molecule has 2 heterocycles. The lowest BCUT2D eigenvalue weighted by Gasteiger charge is -2.35. The van der Waals surface area contributed by atoms with E-state index in [9.17, 15) is 9.59 Å². The lowest BCUT2D eigenvalue weighted by atomic mass is 10.1. The molecule has 0 bridgehead atoms. The molecule has 0 aliphatic carbocycles. The van der Waals surface area contributed by atoms with Crippen molar-refractivity contribution in [2.75, 3.05) is 26.2 Å². The average molecular weight is 309 g/mol. The molecule has 2 rings (SSSR count). The molecule has 0 radical (unpaired) electrons. The maximum atomic E-state index is 12.5. The number of rotatable bonds is 3. The molecule has 1 aromatic rings. The zero-order valence-electron chi connectivity index (χ0n) is 13.2. The second kappa shape index (κ2) is 6.56. The van der Waals surface area contributed by atoms with Crippen molar-refractivity contribution < 1.29 is 9.59 Å². The third-order valence-corrected chi connectivity index (χ3v) is 4.66. The summed E-state index contributed by atoms with van der Waals surface area (Å²) in [6.07, 6.45) is 0.584. The molecule has 21 heavy (non-hydrogen) atoms. The zero-order chi connectivity index (χ0) is 15.6. The lowest BCUT2D eigenvalue weighted by molar-refractivity contribution is -0.133. The number of aromatic nitrogens is 1. The Balaban J connectivity index is 1.93. The monoisotopic (exact) mass is 309 g/mol. The van der Waals surface area contributed by atoms with Gasteiger partial charge in [0, 0.05) is 32.6 Å². The van der Waals surface area contributed by atoms with E-state index in [4.69, 9.17) is 0 Å². The summed E-state index contributed by atoms with van der Waals surface area (Å²) in [6, 6.07) is 0. The Hall–Kier alpha value is -1.43. The first-order valence-electron chi connectivity index (χ1n) is 7.39. The third kappa shape index (κ3) is 3.81. The van der Waals surface area contributed by atoms with Gasteiger partial charge >= 0.3 is 0 Å². The number of piperazine rings is 1. The minimum Gasteiger partial charge on any atom is -0.339 e. The molecule has 0 saturated carbocycles. The Labute approximate surface area is 130 Å². The van der Waals surface area contributed by atoms with Crippen LogP contribution in [-0.4, -0.2) is 52.8 Å². The van der Waals surface area contributed by atoms with Crippen LogP contribution < -0.4 is 0 Å². The maximum absolute atomic E-state index is 12.5. The van der Waals surface area contributed by atoms with Crippen molar-refractivity contribution in [1.82, 2.24) is 14.8 Å². The topological polar surface area (TPSA) is 53.5 Å². The Morgan fingerprint density at radius 3 is 2.19 bits per heavy atom. The first kappa shape index (κ1) is 15.9. The van der Waals surface area contributed by atoms with Gasteiger partial charge in [0.15, 0.2) is 0 Å². The molecule has 1 saturated heterocycles. The van der Waals surface area contributed by atoms with Crippen LogP contribution in [0.4, 0.5) is 0 Å². The van der Waals surface area contributed by atoms with Crippen molar-refractivity contribution in [3.63, 3.8) is 0 Å². The lowest BCUT2D eigenvalue weighted by Crippen LogP contribution is -2.50. The molecule has 1 aliphatic heterocycles. The summed E-state index contributed by atoms with van der Waals surface area (Å²) < 4.78 is 0. The van der Waals surface area contributed by atoms with Crippen molar-refractivity contribution in [3.05, 3.63) is 15.6 Å². The molecule has 2 amide bonds. The summed E-state index contributed by atoms with van der Waals surface area (Å²) in [5.41, 5.74) is 0.806. The zero-order valence-corrected chi connectivity index (χ0v) is 14.0. The Morgan fingerprint density at radius 2 is 1.71 bits per heavy atom. The second-order valence-electron chi connectivity index (χ2n) is 5.92. The van der Waals surface area contributed by atoms with Gasteiger partial charge in [0.05, 0.1) is 10.7 Å². The van der Waals surface area contributed by atoms with Crippen molar-refractivity contribution in [3.8, 4) is 0 Å². The Kier molecular flexibility index (Phi) is 4.98. The number of hydrogen-bond acceptors (Lipinski definition) is 4. The van der Waals surface area contributed by atoms with Gasteiger partial charge in [-0.25, -0.2) is 4.98 Å². The molecule has 0 N–H and O–H groups in total. The van der Waals surface area contributed by atoms with E-state index in [2.05, 4.69) is 4.98 Å². The van der Waals surface area contributed by atoms with Gasteiger partial charge in [-0.3, -0.25) is 9.59 Å². The SMILES string of the molecule is Cc1nc(C)c(C(=O)N2CCN(C(=O)CC(C)C)CC2)s1. The van der Waals surface area contributed by atoms with Crippen LogP contribution in [0.25, 0.3) is 0 Å². The minimum absolute atomic E-state index is 0.0501. The van der Waals surface area contributed by atoms with E-state index in [0.29, 0.717) is 38.5 Å².